The Morgan fingerprint density at radius 3 is 2.50 bits per heavy atom. The number of carbonyl (C=O) groups excluding carboxylic acids is 2. The molecule has 1 aliphatic rings. The molecule has 3 rings (SSSR count). The average molecular weight is 324 g/mol. The quantitative estimate of drug-likeness (QED) is 0.857. The third kappa shape index (κ3) is 4.13. The third-order valence-electron chi connectivity index (χ3n) is 4.88. The fraction of sp³-hybridized carbons (Fsp3) is 0.400. The predicted octanol–water partition coefficient (Wildman–Crippen LogP) is 2.93. The topological polar surface area (TPSA) is 72.2 Å². The summed E-state index contributed by atoms with van der Waals surface area (Å²) in [6, 6.07) is 13.5. The monoisotopic (exact) mass is 324 g/mol. The summed E-state index contributed by atoms with van der Waals surface area (Å²) in [6.45, 7) is 0. The van der Waals surface area contributed by atoms with Gasteiger partial charge in [0.25, 0.3) is 0 Å². The second-order valence-electron chi connectivity index (χ2n) is 6.76. The highest BCUT2D eigenvalue weighted by Gasteiger charge is 2.22. The van der Waals surface area contributed by atoms with Crippen molar-refractivity contribution in [3.05, 3.63) is 48.0 Å². The largest absolute Gasteiger partial charge is 0.368 e. The molecule has 1 saturated carbocycles. The molecule has 0 aromatic heterocycles. The van der Waals surface area contributed by atoms with Gasteiger partial charge in [-0.2, -0.15) is 0 Å². The van der Waals surface area contributed by atoms with Crippen LogP contribution in [0.5, 0.6) is 0 Å². The molecule has 0 saturated heterocycles. The Hall–Kier alpha value is -2.36. The Kier molecular flexibility index (Phi) is 5.14. The van der Waals surface area contributed by atoms with Crippen LogP contribution in [-0.2, 0) is 16.0 Å². The lowest BCUT2D eigenvalue weighted by Crippen LogP contribution is -2.46. The Labute approximate surface area is 142 Å². The van der Waals surface area contributed by atoms with Gasteiger partial charge in [-0.3, -0.25) is 9.59 Å². The normalized spacial score (nSPS) is 16.2. The van der Waals surface area contributed by atoms with Gasteiger partial charge in [0.2, 0.25) is 11.8 Å². The van der Waals surface area contributed by atoms with E-state index in [1.807, 2.05) is 42.5 Å². The fourth-order valence-corrected chi connectivity index (χ4v) is 3.55. The number of carbonyl (C=O) groups is 2. The summed E-state index contributed by atoms with van der Waals surface area (Å²) < 4.78 is 0. The minimum atomic E-state index is -0.653. The van der Waals surface area contributed by atoms with Crippen molar-refractivity contribution < 1.29 is 9.59 Å². The lowest BCUT2D eigenvalue weighted by Gasteiger charge is -2.17. The van der Waals surface area contributed by atoms with E-state index in [0.717, 1.165) is 29.2 Å². The van der Waals surface area contributed by atoms with Gasteiger partial charge in [-0.15, -0.1) is 0 Å². The van der Waals surface area contributed by atoms with E-state index in [1.165, 1.54) is 12.8 Å². The van der Waals surface area contributed by atoms with Crippen molar-refractivity contribution in [2.75, 3.05) is 0 Å². The van der Waals surface area contributed by atoms with Crippen molar-refractivity contribution in [2.45, 2.75) is 44.6 Å². The minimum Gasteiger partial charge on any atom is -0.368 e. The van der Waals surface area contributed by atoms with Gasteiger partial charge in [-0.1, -0.05) is 55.3 Å². The summed E-state index contributed by atoms with van der Waals surface area (Å²) in [6.07, 6.45) is 5.55. The number of fused-ring (bicyclic) bond motifs is 1. The molecule has 2 amide bonds. The molecule has 3 N–H and O–H groups in total. The maximum atomic E-state index is 12.2. The van der Waals surface area contributed by atoms with Gasteiger partial charge in [0.15, 0.2) is 0 Å². The van der Waals surface area contributed by atoms with Crippen molar-refractivity contribution in [3.8, 4) is 0 Å². The zero-order chi connectivity index (χ0) is 16.9. The van der Waals surface area contributed by atoms with E-state index in [-0.39, 0.29) is 5.91 Å². The summed E-state index contributed by atoms with van der Waals surface area (Å²) in [5, 5.41) is 5.10. The number of primary amides is 1. The Balaban J connectivity index is 1.66. The van der Waals surface area contributed by atoms with Gasteiger partial charge in [0.05, 0.1) is 0 Å². The molecule has 126 valence electrons. The summed E-state index contributed by atoms with van der Waals surface area (Å²) >= 11 is 0. The molecule has 4 heteroatoms. The standard InChI is InChI=1S/C20H24N2O2/c21-20(24)18(22-19(23)13-14-5-1-2-6-14)12-15-9-10-16-7-3-4-8-17(16)11-15/h3-4,7-11,14,18H,1-2,5-6,12-13H2,(H2,21,24)(H,22,23)/t18-/m0/s1. The fourth-order valence-electron chi connectivity index (χ4n) is 3.55. The van der Waals surface area contributed by atoms with Crippen molar-refractivity contribution in [1.82, 2.24) is 5.32 Å². The Bertz CT molecular complexity index is 735. The third-order valence-corrected chi connectivity index (χ3v) is 4.88. The Morgan fingerprint density at radius 2 is 1.79 bits per heavy atom. The van der Waals surface area contributed by atoms with Crippen LogP contribution in [-0.4, -0.2) is 17.9 Å². The minimum absolute atomic E-state index is 0.0634. The van der Waals surface area contributed by atoms with Crippen LogP contribution in [0.1, 0.15) is 37.7 Å². The first-order valence-corrected chi connectivity index (χ1v) is 8.68. The molecule has 0 bridgehead atoms. The van der Waals surface area contributed by atoms with Gasteiger partial charge < -0.3 is 11.1 Å². The molecule has 1 aliphatic carbocycles. The lowest BCUT2D eigenvalue weighted by atomic mass is 10.00. The van der Waals surface area contributed by atoms with Crippen molar-refractivity contribution in [1.29, 1.82) is 0 Å². The molecule has 4 nitrogen and oxygen atoms in total. The molecule has 1 atom stereocenters. The summed E-state index contributed by atoms with van der Waals surface area (Å²) in [5.74, 6) is -0.0892. The Morgan fingerprint density at radius 1 is 1.08 bits per heavy atom. The zero-order valence-corrected chi connectivity index (χ0v) is 13.8. The van der Waals surface area contributed by atoms with E-state index in [9.17, 15) is 9.59 Å². The maximum Gasteiger partial charge on any atom is 0.240 e. The number of nitrogens with one attached hydrogen (secondary N) is 1. The van der Waals surface area contributed by atoms with Gasteiger partial charge in [-0.25, -0.2) is 0 Å². The van der Waals surface area contributed by atoms with Crippen LogP contribution in [0.15, 0.2) is 42.5 Å². The second kappa shape index (κ2) is 7.47. The van der Waals surface area contributed by atoms with Crippen LogP contribution in [0.25, 0.3) is 10.8 Å². The molecule has 1 fully saturated rings. The first-order valence-electron chi connectivity index (χ1n) is 8.68. The molecular weight excluding hydrogens is 300 g/mol. The summed E-state index contributed by atoms with van der Waals surface area (Å²) in [7, 11) is 0. The molecular formula is C20H24N2O2. The van der Waals surface area contributed by atoms with Crippen molar-refractivity contribution in [3.63, 3.8) is 0 Å². The molecule has 2 aromatic carbocycles. The summed E-state index contributed by atoms with van der Waals surface area (Å²) in [4.78, 5) is 23.9. The smallest absolute Gasteiger partial charge is 0.240 e. The van der Waals surface area contributed by atoms with E-state index >= 15 is 0 Å². The van der Waals surface area contributed by atoms with Crippen LogP contribution in [0.2, 0.25) is 0 Å². The highest BCUT2D eigenvalue weighted by atomic mass is 16.2. The van der Waals surface area contributed by atoms with Crippen LogP contribution in [0.4, 0.5) is 0 Å². The summed E-state index contributed by atoms with van der Waals surface area (Å²) in [5.41, 5.74) is 6.50. The van der Waals surface area contributed by atoms with E-state index in [4.69, 9.17) is 5.73 Å². The van der Waals surface area contributed by atoms with Crippen LogP contribution in [0, 0.1) is 5.92 Å². The molecule has 2 aromatic rings. The predicted molar refractivity (Wildman–Crippen MR) is 95.4 cm³/mol. The van der Waals surface area contributed by atoms with Crippen LogP contribution < -0.4 is 11.1 Å². The van der Waals surface area contributed by atoms with E-state index in [1.54, 1.807) is 0 Å². The lowest BCUT2D eigenvalue weighted by molar-refractivity contribution is -0.127. The van der Waals surface area contributed by atoms with E-state index in [2.05, 4.69) is 5.32 Å². The number of hydrogen-bond donors (Lipinski definition) is 2. The number of rotatable bonds is 6. The number of benzene rings is 2. The molecule has 0 spiro atoms. The van der Waals surface area contributed by atoms with Crippen LogP contribution in [0.3, 0.4) is 0 Å². The first kappa shape index (κ1) is 16.5. The average Bonchev–Trinajstić information content (AvgIpc) is 3.07. The van der Waals surface area contributed by atoms with Crippen molar-refractivity contribution >= 4 is 22.6 Å². The van der Waals surface area contributed by atoms with E-state index in [0.29, 0.717) is 18.8 Å². The highest BCUT2D eigenvalue weighted by Crippen LogP contribution is 2.27. The second-order valence-corrected chi connectivity index (χ2v) is 6.76. The SMILES string of the molecule is NC(=O)[C@H](Cc1ccc2ccccc2c1)NC(=O)CC1CCCC1. The number of hydrogen-bond acceptors (Lipinski definition) is 2. The molecule has 0 radical (unpaired) electrons. The molecule has 0 unspecified atom stereocenters. The number of nitrogens with two attached hydrogens (primary N) is 1. The maximum absolute atomic E-state index is 12.2. The molecule has 0 aliphatic heterocycles. The van der Waals surface area contributed by atoms with Gasteiger partial charge in [0, 0.05) is 12.8 Å². The molecule has 0 heterocycles. The van der Waals surface area contributed by atoms with Crippen molar-refractivity contribution in [2.24, 2.45) is 11.7 Å². The van der Waals surface area contributed by atoms with Gasteiger partial charge in [0.1, 0.15) is 6.04 Å². The van der Waals surface area contributed by atoms with Gasteiger partial charge >= 0.3 is 0 Å². The first-order chi connectivity index (χ1) is 11.6. The van der Waals surface area contributed by atoms with E-state index < -0.39 is 11.9 Å². The molecule has 24 heavy (non-hydrogen) atoms. The highest BCUT2D eigenvalue weighted by molar-refractivity contribution is 5.87. The van der Waals surface area contributed by atoms with Gasteiger partial charge in [-0.05, 0) is 35.1 Å². The zero-order valence-electron chi connectivity index (χ0n) is 13.8. The number of amides is 2. The van der Waals surface area contributed by atoms with Crippen LogP contribution >= 0.6 is 0 Å².